The van der Waals surface area contributed by atoms with Crippen LogP contribution in [0.2, 0.25) is 0 Å². The number of fused-ring (bicyclic) bond motifs is 1. The van der Waals surface area contributed by atoms with Gasteiger partial charge in [-0.2, -0.15) is 5.01 Å². The number of hydrogen-bond acceptors (Lipinski definition) is 8. The normalized spacial score (nSPS) is 22.3. The molecular weight excluding hydrogens is 492 g/mol. The van der Waals surface area contributed by atoms with Crippen LogP contribution < -0.4 is 20.0 Å². The van der Waals surface area contributed by atoms with Crippen molar-refractivity contribution in [1.82, 2.24) is 20.3 Å². The average Bonchev–Trinajstić information content (AvgIpc) is 3.24. The summed E-state index contributed by atoms with van der Waals surface area (Å²) in [6, 6.07) is 6.60. The standard InChI is InChI=1S/C23H25F2N7O5/c1-14(33)27-12-16-13-29(23(36)37-16)15-10-17(24)20(18(25)11-15)28-6-8-30-21(34)32(19-4-2-3-5-26-19)22(35)31(30)9-7-28/h2-5,10-11,16,21,34H,6-9,12-13H2,1H3,(H,27,33)/t16-,21?/m0/s1. The Morgan fingerprint density at radius 3 is 2.57 bits per heavy atom. The van der Waals surface area contributed by atoms with Crippen LogP contribution >= 0.6 is 0 Å². The van der Waals surface area contributed by atoms with Crippen molar-refractivity contribution >= 4 is 35.2 Å². The maximum absolute atomic E-state index is 15.2. The first-order valence-corrected chi connectivity index (χ1v) is 11.7. The quantitative estimate of drug-likeness (QED) is 0.605. The van der Waals surface area contributed by atoms with Gasteiger partial charge in [0.1, 0.15) is 17.6 Å². The average molecular weight is 517 g/mol. The summed E-state index contributed by atoms with van der Waals surface area (Å²) in [5.41, 5.74) is -0.304. The molecule has 1 unspecified atom stereocenters. The first-order valence-electron chi connectivity index (χ1n) is 11.7. The van der Waals surface area contributed by atoms with E-state index >= 15 is 8.78 Å². The fourth-order valence-electron chi connectivity index (χ4n) is 4.64. The van der Waals surface area contributed by atoms with Crippen molar-refractivity contribution in [3.63, 3.8) is 0 Å². The second-order valence-electron chi connectivity index (χ2n) is 8.77. The maximum Gasteiger partial charge on any atom is 0.414 e. The van der Waals surface area contributed by atoms with Crippen molar-refractivity contribution in [3.05, 3.63) is 48.2 Å². The summed E-state index contributed by atoms with van der Waals surface area (Å²) >= 11 is 0. The molecule has 0 aliphatic carbocycles. The van der Waals surface area contributed by atoms with E-state index in [0.717, 1.165) is 21.9 Å². The van der Waals surface area contributed by atoms with Gasteiger partial charge in [-0.3, -0.25) is 14.7 Å². The summed E-state index contributed by atoms with van der Waals surface area (Å²) in [7, 11) is 0. The monoisotopic (exact) mass is 517 g/mol. The number of ether oxygens (including phenoxy) is 1. The van der Waals surface area contributed by atoms with E-state index in [2.05, 4.69) is 10.3 Å². The molecule has 37 heavy (non-hydrogen) atoms. The van der Waals surface area contributed by atoms with Gasteiger partial charge in [0.15, 0.2) is 11.6 Å². The number of cyclic esters (lactones) is 1. The highest BCUT2D eigenvalue weighted by Gasteiger charge is 2.46. The third-order valence-electron chi connectivity index (χ3n) is 6.39. The lowest BCUT2D eigenvalue weighted by Crippen LogP contribution is -2.44. The molecule has 3 saturated heterocycles. The van der Waals surface area contributed by atoms with Gasteiger partial charge in [-0.15, -0.1) is 0 Å². The van der Waals surface area contributed by atoms with E-state index in [1.54, 1.807) is 18.2 Å². The number of halogens is 2. The Kier molecular flexibility index (Phi) is 6.52. The number of urea groups is 1. The number of aliphatic hydroxyl groups excluding tert-OH is 1. The molecule has 1 aromatic heterocycles. The van der Waals surface area contributed by atoms with Crippen LogP contribution in [0.5, 0.6) is 0 Å². The number of hydrazine groups is 1. The van der Waals surface area contributed by atoms with E-state index in [0.29, 0.717) is 0 Å². The van der Waals surface area contributed by atoms with E-state index in [1.165, 1.54) is 28.0 Å². The predicted octanol–water partition coefficient (Wildman–Crippen LogP) is 1.08. The lowest BCUT2D eigenvalue weighted by Gasteiger charge is -2.26. The molecule has 0 spiro atoms. The Hall–Kier alpha value is -4.04. The molecule has 2 aromatic rings. The molecule has 3 aliphatic rings. The molecule has 5 rings (SSSR count). The molecule has 0 radical (unpaired) electrons. The SMILES string of the molecule is CC(=O)NC[C@H]1CN(c2cc(F)c(N3CCN4C(=O)N(c5ccccn5)C(O)N4CC3)c(F)c2)C(=O)O1. The van der Waals surface area contributed by atoms with Gasteiger partial charge in [0.25, 0.3) is 0 Å². The maximum atomic E-state index is 15.2. The van der Waals surface area contributed by atoms with E-state index < -0.39 is 36.2 Å². The highest BCUT2D eigenvalue weighted by atomic mass is 19.1. The minimum atomic E-state index is -1.31. The van der Waals surface area contributed by atoms with E-state index in [9.17, 15) is 19.5 Å². The van der Waals surface area contributed by atoms with Crippen LogP contribution in [0.15, 0.2) is 36.5 Å². The van der Waals surface area contributed by atoms with Crippen LogP contribution in [-0.2, 0) is 9.53 Å². The van der Waals surface area contributed by atoms with E-state index in [1.807, 2.05) is 0 Å². The third kappa shape index (κ3) is 4.60. The van der Waals surface area contributed by atoms with Gasteiger partial charge in [-0.05, 0) is 12.1 Å². The lowest BCUT2D eigenvalue weighted by molar-refractivity contribution is -0.119. The molecule has 0 bridgehead atoms. The molecule has 196 valence electrons. The molecule has 3 fully saturated rings. The summed E-state index contributed by atoms with van der Waals surface area (Å²) in [5.74, 6) is -1.76. The summed E-state index contributed by atoms with van der Waals surface area (Å²) in [5, 5.41) is 16.1. The number of hydrogen-bond donors (Lipinski definition) is 2. The third-order valence-corrected chi connectivity index (χ3v) is 6.39. The van der Waals surface area contributed by atoms with Crippen molar-refractivity contribution in [2.75, 3.05) is 54.0 Å². The largest absolute Gasteiger partial charge is 0.442 e. The molecule has 12 nitrogen and oxygen atoms in total. The highest BCUT2D eigenvalue weighted by molar-refractivity contribution is 5.93. The first kappa shape index (κ1) is 24.6. The van der Waals surface area contributed by atoms with Crippen molar-refractivity contribution in [2.45, 2.75) is 19.4 Å². The van der Waals surface area contributed by atoms with Crippen LogP contribution in [0, 0.1) is 11.6 Å². The fourth-order valence-corrected chi connectivity index (χ4v) is 4.64. The van der Waals surface area contributed by atoms with Crippen molar-refractivity contribution in [1.29, 1.82) is 0 Å². The molecule has 2 N–H and O–H groups in total. The predicted molar refractivity (Wildman–Crippen MR) is 126 cm³/mol. The van der Waals surface area contributed by atoms with Gasteiger partial charge in [0.2, 0.25) is 12.3 Å². The van der Waals surface area contributed by atoms with Crippen molar-refractivity contribution in [3.8, 4) is 0 Å². The van der Waals surface area contributed by atoms with Crippen LogP contribution in [0.25, 0.3) is 0 Å². The second kappa shape index (κ2) is 9.78. The summed E-state index contributed by atoms with van der Waals surface area (Å²) in [6.45, 7) is 1.84. The lowest BCUT2D eigenvalue weighted by atomic mass is 10.2. The Balaban J connectivity index is 1.30. The zero-order valence-electron chi connectivity index (χ0n) is 19.9. The Labute approximate surface area is 210 Å². The number of aliphatic hydroxyl groups is 1. The Morgan fingerprint density at radius 2 is 1.89 bits per heavy atom. The van der Waals surface area contributed by atoms with Crippen molar-refractivity contribution < 1.29 is 33.0 Å². The van der Waals surface area contributed by atoms with Crippen molar-refractivity contribution in [2.24, 2.45) is 0 Å². The van der Waals surface area contributed by atoms with Gasteiger partial charge in [0, 0.05) is 44.9 Å². The molecule has 3 aliphatic heterocycles. The number of carbonyl (C=O) groups excluding carboxylic acids is 3. The smallest absolute Gasteiger partial charge is 0.414 e. The molecule has 4 amide bonds. The Bertz CT molecular complexity index is 1200. The Morgan fingerprint density at radius 1 is 1.16 bits per heavy atom. The fraction of sp³-hybridized carbons (Fsp3) is 0.391. The van der Waals surface area contributed by atoms with Gasteiger partial charge < -0.3 is 20.1 Å². The van der Waals surface area contributed by atoms with Gasteiger partial charge >= 0.3 is 12.1 Å². The number of amides is 4. The van der Waals surface area contributed by atoms with Crippen LogP contribution in [0.4, 0.5) is 35.6 Å². The summed E-state index contributed by atoms with van der Waals surface area (Å²) in [6.07, 6.45) is -1.22. The number of nitrogens with one attached hydrogen (secondary N) is 1. The summed E-state index contributed by atoms with van der Waals surface area (Å²) < 4.78 is 35.6. The number of rotatable bonds is 5. The van der Waals surface area contributed by atoms with Crippen LogP contribution in [0.1, 0.15) is 6.92 Å². The van der Waals surface area contributed by atoms with E-state index in [-0.39, 0.29) is 62.4 Å². The number of carbonyl (C=O) groups is 3. The van der Waals surface area contributed by atoms with Gasteiger partial charge in [-0.1, -0.05) is 6.07 Å². The molecule has 1 aromatic carbocycles. The summed E-state index contributed by atoms with van der Waals surface area (Å²) in [4.78, 5) is 44.2. The van der Waals surface area contributed by atoms with Gasteiger partial charge in [-0.25, -0.2) is 28.3 Å². The number of benzene rings is 1. The molecule has 14 heteroatoms. The molecule has 4 heterocycles. The zero-order chi connectivity index (χ0) is 26.3. The second-order valence-corrected chi connectivity index (χ2v) is 8.77. The molecule has 2 atom stereocenters. The van der Waals surface area contributed by atoms with Crippen LogP contribution in [0.3, 0.4) is 0 Å². The zero-order valence-corrected chi connectivity index (χ0v) is 19.9. The minimum absolute atomic E-state index is 0.00938. The van der Waals surface area contributed by atoms with E-state index in [4.69, 9.17) is 4.74 Å². The molecular formula is C23H25F2N7O5. The minimum Gasteiger partial charge on any atom is -0.442 e. The topological polar surface area (TPSA) is 122 Å². The number of aromatic nitrogens is 1. The van der Waals surface area contributed by atoms with Gasteiger partial charge in [0.05, 0.1) is 25.3 Å². The number of pyridine rings is 1. The number of anilines is 3. The molecule has 0 saturated carbocycles. The highest BCUT2D eigenvalue weighted by Crippen LogP contribution is 2.33. The number of nitrogens with zero attached hydrogens (tertiary/aromatic N) is 6. The first-order chi connectivity index (χ1) is 17.7. The van der Waals surface area contributed by atoms with Crippen LogP contribution in [-0.4, -0.2) is 89.9 Å².